The molecule has 21 heavy (non-hydrogen) atoms. The summed E-state index contributed by atoms with van der Waals surface area (Å²) in [6.45, 7) is 15.0. The van der Waals surface area contributed by atoms with Gasteiger partial charge in [0, 0.05) is 0 Å². The van der Waals surface area contributed by atoms with Crippen LogP contribution < -0.4 is 0 Å². The second-order valence-corrected chi connectivity index (χ2v) is 10.1. The zero-order valence-corrected chi connectivity index (χ0v) is 15.0. The molecule has 0 aliphatic heterocycles. The molecule has 1 heteroatoms. The van der Waals surface area contributed by atoms with Crippen LogP contribution in [0.25, 0.3) is 0 Å². The Labute approximate surface area is 131 Å². The Bertz CT molecular complexity index is 422. The van der Waals surface area contributed by atoms with Crippen molar-refractivity contribution >= 4 is 0 Å². The monoisotopic (exact) mass is 290 g/mol. The molecule has 4 bridgehead atoms. The fourth-order valence-corrected chi connectivity index (χ4v) is 7.55. The van der Waals surface area contributed by atoms with Crippen LogP contribution in [0, 0.1) is 34.5 Å². The Hall–Kier alpha value is -0.0400. The SMILES string of the molecule is CC1CC2CCC1(OC13CCC(CC1C)C3(C)C)C2(C)C. The smallest absolute Gasteiger partial charge is 0.0769 e. The van der Waals surface area contributed by atoms with Gasteiger partial charge in [-0.25, -0.2) is 0 Å². The first kappa shape index (κ1) is 14.5. The summed E-state index contributed by atoms with van der Waals surface area (Å²) in [4.78, 5) is 0. The molecule has 0 amide bonds. The van der Waals surface area contributed by atoms with E-state index in [0.29, 0.717) is 10.8 Å². The minimum atomic E-state index is 0.155. The molecular formula is C20H34O. The highest BCUT2D eigenvalue weighted by Crippen LogP contribution is 2.71. The molecule has 0 spiro atoms. The first-order valence-electron chi connectivity index (χ1n) is 9.37. The lowest BCUT2D eigenvalue weighted by Crippen LogP contribution is -2.56. The Kier molecular flexibility index (Phi) is 2.69. The summed E-state index contributed by atoms with van der Waals surface area (Å²) >= 11 is 0. The summed E-state index contributed by atoms with van der Waals surface area (Å²) in [5.74, 6) is 3.26. The fraction of sp³-hybridized carbons (Fsp3) is 1.00. The molecule has 4 aliphatic rings. The highest BCUT2D eigenvalue weighted by atomic mass is 16.5. The third-order valence-corrected chi connectivity index (χ3v) is 9.18. The number of rotatable bonds is 2. The first-order valence-corrected chi connectivity index (χ1v) is 9.37. The molecule has 0 aromatic rings. The van der Waals surface area contributed by atoms with Gasteiger partial charge in [0.2, 0.25) is 0 Å². The van der Waals surface area contributed by atoms with E-state index >= 15 is 0 Å². The van der Waals surface area contributed by atoms with Crippen LogP contribution in [0.15, 0.2) is 0 Å². The number of hydrogen-bond acceptors (Lipinski definition) is 1. The number of fused-ring (bicyclic) bond motifs is 4. The van der Waals surface area contributed by atoms with Gasteiger partial charge in [-0.15, -0.1) is 0 Å². The molecule has 1 nitrogen and oxygen atoms in total. The van der Waals surface area contributed by atoms with E-state index in [1.807, 2.05) is 0 Å². The van der Waals surface area contributed by atoms with Crippen LogP contribution in [0.1, 0.15) is 80.1 Å². The standard InChI is InChI=1S/C20H34O/c1-13-11-15-7-9-19(13,17(15,3)4)21-20-10-8-16(12-14(20)2)18(20,5)6/h13-16H,7-12H2,1-6H3. The van der Waals surface area contributed by atoms with Gasteiger partial charge < -0.3 is 4.74 Å². The summed E-state index contributed by atoms with van der Waals surface area (Å²) in [5.41, 5.74) is 1.06. The maximum atomic E-state index is 7.38. The molecule has 6 unspecified atom stereocenters. The predicted molar refractivity (Wildman–Crippen MR) is 87.1 cm³/mol. The van der Waals surface area contributed by atoms with Crippen molar-refractivity contribution in [2.24, 2.45) is 34.5 Å². The Morgan fingerprint density at radius 1 is 0.714 bits per heavy atom. The molecule has 120 valence electrons. The zero-order valence-electron chi connectivity index (χ0n) is 15.0. The average Bonchev–Trinajstić information content (AvgIpc) is 2.91. The van der Waals surface area contributed by atoms with Crippen LogP contribution in [0.3, 0.4) is 0 Å². The van der Waals surface area contributed by atoms with E-state index in [1.165, 1.54) is 38.5 Å². The maximum Gasteiger partial charge on any atom is 0.0769 e. The van der Waals surface area contributed by atoms with Gasteiger partial charge in [0.25, 0.3) is 0 Å². The van der Waals surface area contributed by atoms with Crippen molar-refractivity contribution in [1.29, 1.82) is 0 Å². The van der Waals surface area contributed by atoms with E-state index in [-0.39, 0.29) is 11.2 Å². The van der Waals surface area contributed by atoms with Crippen molar-refractivity contribution in [3.63, 3.8) is 0 Å². The van der Waals surface area contributed by atoms with Gasteiger partial charge >= 0.3 is 0 Å². The van der Waals surface area contributed by atoms with Crippen molar-refractivity contribution in [1.82, 2.24) is 0 Å². The van der Waals surface area contributed by atoms with Crippen LogP contribution in [0.2, 0.25) is 0 Å². The lowest BCUT2D eigenvalue weighted by Gasteiger charge is -2.52. The minimum absolute atomic E-state index is 0.155. The average molecular weight is 290 g/mol. The summed E-state index contributed by atoms with van der Waals surface area (Å²) in [6.07, 6.45) is 8.18. The van der Waals surface area contributed by atoms with Crippen molar-refractivity contribution in [3.8, 4) is 0 Å². The molecule has 4 rings (SSSR count). The van der Waals surface area contributed by atoms with Crippen molar-refractivity contribution in [2.75, 3.05) is 0 Å². The summed E-state index contributed by atoms with van der Waals surface area (Å²) in [6, 6.07) is 0. The van der Waals surface area contributed by atoms with Gasteiger partial charge in [0.1, 0.15) is 0 Å². The summed E-state index contributed by atoms with van der Waals surface area (Å²) < 4.78 is 7.38. The molecule has 0 radical (unpaired) electrons. The molecule has 4 fully saturated rings. The predicted octanol–water partition coefficient (Wildman–Crippen LogP) is 5.43. The van der Waals surface area contributed by atoms with Crippen molar-refractivity contribution < 1.29 is 4.74 Å². The van der Waals surface area contributed by atoms with Crippen molar-refractivity contribution in [3.05, 3.63) is 0 Å². The van der Waals surface area contributed by atoms with Gasteiger partial charge in [-0.05, 0) is 73.0 Å². The molecule has 6 atom stereocenters. The third kappa shape index (κ3) is 1.39. The quantitative estimate of drug-likeness (QED) is 0.658. The normalized spacial score (nSPS) is 56.3. The molecule has 0 aromatic heterocycles. The summed E-state index contributed by atoms with van der Waals surface area (Å²) in [5, 5.41) is 0. The Morgan fingerprint density at radius 2 is 1.10 bits per heavy atom. The van der Waals surface area contributed by atoms with E-state index in [9.17, 15) is 0 Å². The van der Waals surface area contributed by atoms with Gasteiger partial charge in [0.05, 0.1) is 11.2 Å². The van der Waals surface area contributed by atoms with Crippen molar-refractivity contribution in [2.45, 2.75) is 91.3 Å². The van der Waals surface area contributed by atoms with E-state index in [4.69, 9.17) is 4.74 Å². The van der Waals surface area contributed by atoms with Crippen LogP contribution >= 0.6 is 0 Å². The second-order valence-electron chi connectivity index (χ2n) is 10.1. The highest BCUT2D eigenvalue weighted by Gasteiger charge is 2.71. The van der Waals surface area contributed by atoms with Gasteiger partial charge in [-0.1, -0.05) is 41.5 Å². The van der Waals surface area contributed by atoms with E-state index in [2.05, 4.69) is 41.5 Å². The lowest BCUT2D eigenvalue weighted by atomic mass is 9.71. The fourth-order valence-electron chi connectivity index (χ4n) is 7.55. The van der Waals surface area contributed by atoms with Gasteiger partial charge in [-0.3, -0.25) is 0 Å². The number of ether oxygens (including phenoxy) is 1. The van der Waals surface area contributed by atoms with Crippen LogP contribution in [0.4, 0.5) is 0 Å². The lowest BCUT2D eigenvalue weighted by molar-refractivity contribution is -0.242. The molecule has 4 saturated carbocycles. The Morgan fingerprint density at radius 3 is 1.33 bits per heavy atom. The van der Waals surface area contributed by atoms with Crippen LogP contribution in [-0.4, -0.2) is 11.2 Å². The summed E-state index contributed by atoms with van der Waals surface area (Å²) in [7, 11) is 0. The molecule has 0 heterocycles. The molecule has 0 saturated heterocycles. The molecule has 0 N–H and O–H groups in total. The molecular weight excluding hydrogens is 256 g/mol. The maximum absolute atomic E-state index is 7.38. The van der Waals surface area contributed by atoms with Crippen LogP contribution in [0.5, 0.6) is 0 Å². The number of hydrogen-bond donors (Lipinski definition) is 0. The highest BCUT2D eigenvalue weighted by molar-refractivity contribution is 5.19. The third-order valence-electron chi connectivity index (χ3n) is 9.18. The molecule has 0 aromatic carbocycles. The van der Waals surface area contributed by atoms with E-state index < -0.39 is 0 Å². The second kappa shape index (κ2) is 3.89. The van der Waals surface area contributed by atoms with Gasteiger partial charge in [0.15, 0.2) is 0 Å². The van der Waals surface area contributed by atoms with E-state index in [1.54, 1.807) is 0 Å². The topological polar surface area (TPSA) is 9.23 Å². The minimum Gasteiger partial charge on any atom is -0.367 e. The Balaban J connectivity index is 1.75. The largest absolute Gasteiger partial charge is 0.367 e. The van der Waals surface area contributed by atoms with Gasteiger partial charge in [-0.2, -0.15) is 0 Å². The zero-order chi connectivity index (χ0) is 15.3. The first-order chi connectivity index (χ1) is 9.67. The van der Waals surface area contributed by atoms with Crippen LogP contribution in [-0.2, 0) is 4.74 Å². The molecule has 4 aliphatic carbocycles. The van der Waals surface area contributed by atoms with E-state index in [0.717, 1.165) is 23.7 Å².